The van der Waals surface area contributed by atoms with Gasteiger partial charge in [0.15, 0.2) is 4.96 Å². The van der Waals surface area contributed by atoms with Crippen LogP contribution in [0.15, 0.2) is 60.1 Å². The van der Waals surface area contributed by atoms with Crippen LogP contribution in [-0.2, 0) is 11.2 Å². The number of nitro groups is 1. The molecular formula is C21H18N4O4S. The number of para-hydroxylation sites is 2. The fourth-order valence-corrected chi connectivity index (χ4v) is 3.95. The van der Waals surface area contributed by atoms with E-state index in [4.69, 9.17) is 4.74 Å². The highest BCUT2D eigenvalue weighted by Gasteiger charge is 2.17. The second-order valence-electron chi connectivity index (χ2n) is 6.46. The topological polar surface area (TPSA) is 98.8 Å². The molecule has 152 valence electrons. The van der Waals surface area contributed by atoms with Crippen molar-refractivity contribution in [3.8, 4) is 17.0 Å². The fourth-order valence-electron chi connectivity index (χ4n) is 3.08. The molecule has 9 heteroatoms. The van der Waals surface area contributed by atoms with Gasteiger partial charge in [-0.3, -0.25) is 19.3 Å². The molecule has 0 unspecified atom stereocenters. The maximum absolute atomic E-state index is 12.5. The van der Waals surface area contributed by atoms with Crippen LogP contribution in [0, 0.1) is 10.1 Å². The number of nitrogens with zero attached hydrogens (tertiary/aromatic N) is 3. The molecule has 4 rings (SSSR count). The molecule has 0 saturated heterocycles. The number of nitrogens with one attached hydrogen (secondary N) is 1. The van der Waals surface area contributed by atoms with Gasteiger partial charge in [-0.15, -0.1) is 11.3 Å². The molecule has 4 aromatic rings. The van der Waals surface area contributed by atoms with Gasteiger partial charge in [0.1, 0.15) is 11.4 Å². The zero-order valence-corrected chi connectivity index (χ0v) is 16.9. The molecular weight excluding hydrogens is 404 g/mol. The lowest BCUT2D eigenvalue weighted by atomic mass is 10.1. The van der Waals surface area contributed by atoms with E-state index in [1.807, 2.05) is 47.2 Å². The average Bonchev–Trinajstić information content (AvgIpc) is 3.31. The standard InChI is InChI=1S/C21H18N4O4S/c1-2-29-16-9-7-14(8-10-16)18-12-24-15(13-30-21(24)23-18)11-20(26)22-17-5-3-4-6-19(17)25(27)28/h3-10,12-13H,2,11H2,1H3,(H,22,26). The zero-order valence-electron chi connectivity index (χ0n) is 16.1. The summed E-state index contributed by atoms with van der Waals surface area (Å²) >= 11 is 1.44. The number of nitro benzene ring substituents is 1. The van der Waals surface area contributed by atoms with Gasteiger partial charge >= 0.3 is 0 Å². The lowest BCUT2D eigenvalue weighted by Gasteiger charge is -2.05. The summed E-state index contributed by atoms with van der Waals surface area (Å²) in [6, 6.07) is 13.8. The molecule has 30 heavy (non-hydrogen) atoms. The van der Waals surface area contributed by atoms with E-state index >= 15 is 0 Å². The van der Waals surface area contributed by atoms with Crippen molar-refractivity contribution >= 4 is 33.6 Å². The number of amides is 1. The number of imidazole rings is 1. The Balaban J connectivity index is 1.53. The van der Waals surface area contributed by atoms with Gasteiger partial charge in [-0.2, -0.15) is 0 Å². The maximum atomic E-state index is 12.5. The number of carbonyl (C=O) groups is 1. The van der Waals surface area contributed by atoms with E-state index < -0.39 is 4.92 Å². The zero-order chi connectivity index (χ0) is 21.1. The average molecular weight is 422 g/mol. The molecule has 1 amide bonds. The van der Waals surface area contributed by atoms with Gasteiger partial charge in [-0.05, 0) is 37.3 Å². The number of carbonyl (C=O) groups excluding carboxylic acids is 1. The Morgan fingerprint density at radius 3 is 2.73 bits per heavy atom. The van der Waals surface area contributed by atoms with Crippen molar-refractivity contribution in [2.45, 2.75) is 13.3 Å². The summed E-state index contributed by atoms with van der Waals surface area (Å²) in [5, 5.41) is 15.6. The van der Waals surface area contributed by atoms with Crippen molar-refractivity contribution in [3.05, 3.63) is 75.9 Å². The summed E-state index contributed by atoms with van der Waals surface area (Å²) < 4.78 is 7.34. The van der Waals surface area contributed by atoms with Crippen molar-refractivity contribution in [2.24, 2.45) is 0 Å². The van der Waals surface area contributed by atoms with Gasteiger partial charge in [-0.1, -0.05) is 12.1 Å². The molecule has 2 aromatic heterocycles. The third-order valence-electron chi connectivity index (χ3n) is 4.46. The number of ether oxygens (including phenoxy) is 1. The van der Waals surface area contributed by atoms with Gasteiger partial charge in [-0.25, -0.2) is 4.98 Å². The number of anilines is 1. The molecule has 8 nitrogen and oxygen atoms in total. The third-order valence-corrected chi connectivity index (χ3v) is 5.35. The number of fused-ring (bicyclic) bond motifs is 1. The van der Waals surface area contributed by atoms with Gasteiger partial charge < -0.3 is 10.1 Å². The largest absolute Gasteiger partial charge is 0.494 e. The second-order valence-corrected chi connectivity index (χ2v) is 7.30. The Morgan fingerprint density at radius 2 is 2.00 bits per heavy atom. The predicted octanol–water partition coefficient (Wildman–Crippen LogP) is 4.55. The number of hydrogen-bond acceptors (Lipinski definition) is 6. The van der Waals surface area contributed by atoms with Crippen molar-refractivity contribution in [3.63, 3.8) is 0 Å². The molecule has 0 spiro atoms. The van der Waals surface area contributed by atoms with Crippen molar-refractivity contribution in [2.75, 3.05) is 11.9 Å². The fraction of sp³-hybridized carbons (Fsp3) is 0.143. The molecule has 0 fully saturated rings. The molecule has 2 heterocycles. The highest BCUT2D eigenvalue weighted by Crippen LogP contribution is 2.27. The molecule has 2 aromatic carbocycles. The second kappa shape index (κ2) is 8.34. The Morgan fingerprint density at radius 1 is 1.23 bits per heavy atom. The smallest absolute Gasteiger partial charge is 0.292 e. The summed E-state index contributed by atoms with van der Waals surface area (Å²) in [5.41, 5.74) is 2.55. The number of aromatic nitrogens is 2. The minimum absolute atomic E-state index is 0.0745. The van der Waals surface area contributed by atoms with Gasteiger partial charge in [0.05, 0.1) is 23.6 Å². The predicted molar refractivity (Wildman–Crippen MR) is 115 cm³/mol. The first kappa shape index (κ1) is 19.6. The van der Waals surface area contributed by atoms with Crippen molar-refractivity contribution in [1.29, 1.82) is 0 Å². The minimum atomic E-state index is -0.516. The SMILES string of the molecule is CCOc1ccc(-c2cn3c(CC(=O)Nc4ccccc4[N+](=O)[O-])csc3n2)cc1. The highest BCUT2D eigenvalue weighted by molar-refractivity contribution is 7.15. The van der Waals surface area contributed by atoms with Crippen LogP contribution in [0.5, 0.6) is 5.75 Å². The quantitative estimate of drug-likeness (QED) is 0.348. The molecule has 0 aliphatic rings. The van der Waals surface area contributed by atoms with Crippen LogP contribution in [0.1, 0.15) is 12.6 Å². The Bertz CT molecular complexity index is 1210. The number of benzene rings is 2. The summed E-state index contributed by atoms with van der Waals surface area (Å²) in [6.07, 6.45) is 1.96. The molecule has 0 saturated carbocycles. The van der Waals surface area contributed by atoms with E-state index in [9.17, 15) is 14.9 Å². The van der Waals surface area contributed by atoms with E-state index in [2.05, 4.69) is 10.3 Å². The Labute approximate surface area is 175 Å². The van der Waals surface area contributed by atoms with Crippen LogP contribution in [0.2, 0.25) is 0 Å². The van der Waals surface area contributed by atoms with Crippen LogP contribution in [-0.4, -0.2) is 26.8 Å². The van der Waals surface area contributed by atoms with E-state index in [-0.39, 0.29) is 23.7 Å². The van der Waals surface area contributed by atoms with Crippen LogP contribution < -0.4 is 10.1 Å². The minimum Gasteiger partial charge on any atom is -0.494 e. The van der Waals surface area contributed by atoms with E-state index in [0.717, 1.165) is 27.7 Å². The Kier molecular flexibility index (Phi) is 5.44. The van der Waals surface area contributed by atoms with Crippen LogP contribution in [0.3, 0.4) is 0 Å². The van der Waals surface area contributed by atoms with Crippen LogP contribution in [0.4, 0.5) is 11.4 Å². The monoisotopic (exact) mass is 422 g/mol. The normalized spacial score (nSPS) is 10.8. The van der Waals surface area contributed by atoms with E-state index in [1.54, 1.807) is 12.1 Å². The molecule has 0 bridgehead atoms. The van der Waals surface area contributed by atoms with Gasteiger partial charge in [0, 0.05) is 28.9 Å². The number of hydrogen-bond donors (Lipinski definition) is 1. The molecule has 0 aliphatic carbocycles. The van der Waals surface area contributed by atoms with E-state index in [1.165, 1.54) is 23.5 Å². The summed E-state index contributed by atoms with van der Waals surface area (Å²) in [5.74, 6) is 0.468. The lowest BCUT2D eigenvalue weighted by molar-refractivity contribution is -0.383. The van der Waals surface area contributed by atoms with Gasteiger partial charge in [0.25, 0.3) is 5.69 Å². The molecule has 0 atom stereocenters. The lowest BCUT2D eigenvalue weighted by Crippen LogP contribution is -2.16. The first-order chi connectivity index (χ1) is 14.5. The summed E-state index contributed by atoms with van der Waals surface area (Å²) in [7, 11) is 0. The van der Waals surface area contributed by atoms with Crippen LogP contribution >= 0.6 is 11.3 Å². The number of rotatable bonds is 7. The maximum Gasteiger partial charge on any atom is 0.292 e. The van der Waals surface area contributed by atoms with Crippen LogP contribution in [0.25, 0.3) is 16.2 Å². The van der Waals surface area contributed by atoms with E-state index in [0.29, 0.717) is 6.61 Å². The highest BCUT2D eigenvalue weighted by atomic mass is 32.1. The summed E-state index contributed by atoms with van der Waals surface area (Å²) in [4.78, 5) is 28.5. The molecule has 0 radical (unpaired) electrons. The van der Waals surface area contributed by atoms with Gasteiger partial charge in [0.2, 0.25) is 5.91 Å². The first-order valence-electron chi connectivity index (χ1n) is 9.27. The number of thiazole rings is 1. The molecule has 0 aliphatic heterocycles. The molecule has 1 N–H and O–H groups in total. The third kappa shape index (κ3) is 4.01. The first-order valence-corrected chi connectivity index (χ1v) is 10.1. The Hall–Kier alpha value is -3.72. The van der Waals surface area contributed by atoms with Crippen molar-refractivity contribution in [1.82, 2.24) is 9.38 Å². The van der Waals surface area contributed by atoms with Crippen molar-refractivity contribution < 1.29 is 14.5 Å². The summed E-state index contributed by atoms with van der Waals surface area (Å²) in [6.45, 7) is 2.54.